The van der Waals surface area contributed by atoms with Crippen molar-refractivity contribution in [2.24, 2.45) is 5.41 Å². The standard InChI is InChI=1S/C16H25FN2O/c1-16(2,11-18(3)4)12-19-9-15(10-19)20-14-7-5-13(17)6-8-14/h5-8,15H,9-12H2,1-4H3. The van der Waals surface area contributed by atoms with Gasteiger partial charge >= 0.3 is 0 Å². The van der Waals surface area contributed by atoms with Gasteiger partial charge in [0.05, 0.1) is 0 Å². The van der Waals surface area contributed by atoms with Gasteiger partial charge < -0.3 is 9.64 Å². The molecule has 112 valence electrons. The van der Waals surface area contributed by atoms with Gasteiger partial charge in [-0.3, -0.25) is 4.90 Å². The molecule has 0 atom stereocenters. The molecule has 1 aliphatic rings. The molecule has 0 amide bonds. The summed E-state index contributed by atoms with van der Waals surface area (Å²) >= 11 is 0. The molecule has 1 heterocycles. The topological polar surface area (TPSA) is 15.7 Å². The molecule has 20 heavy (non-hydrogen) atoms. The zero-order valence-corrected chi connectivity index (χ0v) is 12.9. The Hall–Kier alpha value is -1.13. The summed E-state index contributed by atoms with van der Waals surface area (Å²) in [6.07, 6.45) is 0.232. The number of likely N-dealkylation sites (tertiary alicyclic amines) is 1. The van der Waals surface area contributed by atoms with E-state index in [1.807, 2.05) is 0 Å². The number of ether oxygens (including phenoxy) is 1. The van der Waals surface area contributed by atoms with Gasteiger partial charge in [0.2, 0.25) is 0 Å². The predicted molar refractivity (Wildman–Crippen MR) is 79.6 cm³/mol. The van der Waals surface area contributed by atoms with Crippen molar-refractivity contribution in [2.75, 3.05) is 40.3 Å². The molecule has 0 bridgehead atoms. The van der Waals surface area contributed by atoms with E-state index in [0.717, 1.165) is 31.9 Å². The summed E-state index contributed by atoms with van der Waals surface area (Å²) in [6, 6.07) is 6.25. The van der Waals surface area contributed by atoms with Crippen molar-refractivity contribution in [1.29, 1.82) is 0 Å². The van der Waals surface area contributed by atoms with Crippen LogP contribution in [0.4, 0.5) is 4.39 Å². The summed E-state index contributed by atoms with van der Waals surface area (Å²) in [5.74, 6) is 0.529. The first-order valence-corrected chi connectivity index (χ1v) is 7.13. The second kappa shape index (κ2) is 6.10. The summed E-state index contributed by atoms with van der Waals surface area (Å²) in [7, 11) is 4.22. The van der Waals surface area contributed by atoms with Crippen molar-refractivity contribution in [3.05, 3.63) is 30.1 Å². The summed E-state index contributed by atoms with van der Waals surface area (Å²) < 4.78 is 18.6. The first-order chi connectivity index (χ1) is 9.34. The molecule has 1 aromatic rings. The highest BCUT2D eigenvalue weighted by Crippen LogP contribution is 2.24. The Balaban J connectivity index is 1.73. The second-order valence-corrected chi connectivity index (χ2v) is 6.79. The van der Waals surface area contributed by atoms with E-state index in [4.69, 9.17) is 4.74 Å². The van der Waals surface area contributed by atoms with Crippen LogP contribution in [0.15, 0.2) is 24.3 Å². The van der Waals surface area contributed by atoms with E-state index in [1.54, 1.807) is 12.1 Å². The molecular weight excluding hydrogens is 255 g/mol. The Kier molecular flexibility index (Phi) is 4.66. The smallest absolute Gasteiger partial charge is 0.124 e. The molecule has 2 rings (SSSR count). The van der Waals surface area contributed by atoms with Crippen LogP contribution in [0.25, 0.3) is 0 Å². The van der Waals surface area contributed by atoms with Crippen molar-refractivity contribution < 1.29 is 9.13 Å². The van der Waals surface area contributed by atoms with E-state index in [-0.39, 0.29) is 17.3 Å². The molecule has 1 aliphatic heterocycles. The number of benzene rings is 1. The molecule has 3 nitrogen and oxygen atoms in total. The quantitative estimate of drug-likeness (QED) is 0.796. The summed E-state index contributed by atoms with van der Waals surface area (Å²) in [6.45, 7) is 8.65. The molecule has 0 aliphatic carbocycles. The van der Waals surface area contributed by atoms with Crippen LogP contribution >= 0.6 is 0 Å². The molecule has 0 unspecified atom stereocenters. The van der Waals surface area contributed by atoms with Crippen LogP contribution in [-0.4, -0.2) is 56.2 Å². The minimum absolute atomic E-state index is 0.224. The maximum absolute atomic E-state index is 12.8. The summed E-state index contributed by atoms with van der Waals surface area (Å²) in [5, 5.41) is 0. The highest BCUT2D eigenvalue weighted by atomic mass is 19.1. The number of rotatable bonds is 6. The third-order valence-corrected chi connectivity index (χ3v) is 3.44. The van der Waals surface area contributed by atoms with Crippen LogP contribution in [0.3, 0.4) is 0 Å². The maximum atomic E-state index is 12.8. The number of halogens is 1. The molecule has 4 heteroatoms. The van der Waals surface area contributed by atoms with Crippen LogP contribution in [0, 0.1) is 11.2 Å². The molecule has 0 N–H and O–H groups in total. The van der Waals surface area contributed by atoms with Crippen molar-refractivity contribution in [3.63, 3.8) is 0 Å². The molecule has 0 spiro atoms. The molecular formula is C16H25FN2O. The van der Waals surface area contributed by atoms with Gasteiger partial charge in [0.25, 0.3) is 0 Å². The number of nitrogens with zero attached hydrogens (tertiary/aromatic N) is 2. The minimum Gasteiger partial charge on any atom is -0.488 e. The Morgan fingerprint density at radius 3 is 2.40 bits per heavy atom. The van der Waals surface area contributed by atoms with Gasteiger partial charge in [-0.1, -0.05) is 13.8 Å². The molecule has 1 fully saturated rings. The normalized spacial score (nSPS) is 17.3. The fraction of sp³-hybridized carbons (Fsp3) is 0.625. The van der Waals surface area contributed by atoms with Gasteiger partial charge in [0.15, 0.2) is 0 Å². The van der Waals surface area contributed by atoms with Crippen molar-refractivity contribution in [1.82, 2.24) is 9.80 Å². The first kappa shape index (κ1) is 15.3. The van der Waals surface area contributed by atoms with Crippen LogP contribution in [0.1, 0.15) is 13.8 Å². The van der Waals surface area contributed by atoms with Crippen molar-refractivity contribution >= 4 is 0 Å². The summed E-state index contributed by atoms with van der Waals surface area (Å²) in [4.78, 5) is 4.64. The van der Waals surface area contributed by atoms with Gasteiger partial charge in [-0.2, -0.15) is 0 Å². The zero-order chi connectivity index (χ0) is 14.8. The van der Waals surface area contributed by atoms with Gasteiger partial charge in [-0.15, -0.1) is 0 Å². The van der Waals surface area contributed by atoms with E-state index in [9.17, 15) is 4.39 Å². The average molecular weight is 280 g/mol. The van der Waals surface area contributed by atoms with Crippen LogP contribution < -0.4 is 4.74 Å². The lowest BCUT2D eigenvalue weighted by Crippen LogP contribution is -2.57. The average Bonchev–Trinajstić information content (AvgIpc) is 2.27. The third kappa shape index (κ3) is 4.46. The Morgan fingerprint density at radius 2 is 1.85 bits per heavy atom. The highest BCUT2D eigenvalue weighted by molar-refractivity contribution is 5.22. The highest BCUT2D eigenvalue weighted by Gasteiger charge is 2.32. The van der Waals surface area contributed by atoms with Crippen LogP contribution in [0.5, 0.6) is 5.75 Å². The van der Waals surface area contributed by atoms with E-state index >= 15 is 0 Å². The zero-order valence-electron chi connectivity index (χ0n) is 12.9. The second-order valence-electron chi connectivity index (χ2n) is 6.79. The van der Waals surface area contributed by atoms with Crippen LogP contribution in [-0.2, 0) is 0 Å². The molecule has 1 aromatic carbocycles. The SMILES string of the molecule is CN(C)CC(C)(C)CN1CC(Oc2ccc(F)cc2)C1. The van der Waals surface area contributed by atoms with Gasteiger partial charge in [0.1, 0.15) is 17.7 Å². The molecule has 1 saturated heterocycles. The summed E-state index contributed by atoms with van der Waals surface area (Å²) in [5.41, 5.74) is 0.282. The number of hydrogen-bond acceptors (Lipinski definition) is 3. The lowest BCUT2D eigenvalue weighted by molar-refractivity contribution is -0.00581. The lowest BCUT2D eigenvalue weighted by atomic mass is 9.90. The van der Waals surface area contributed by atoms with Gasteiger partial charge in [-0.25, -0.2) is 4.39 Å². The fourth-order valence-corrected chi connectivity index (χ4v) is 2.94. The monoisotopic (exact) mass is 280 g/mol. The Bertz CT molecular complexity index is 425. The van der Waals surface area contributed by atoms with Crippen molar-refractivity contribution in [3.8, 4) is 5.75 Å². The van der Waals surface area contributed by atoms with Crippen LogP contribution in [0.2, 0.25) is 0 Å². The largest absolute Gasteiger partial charge is 0.488 e. The number of hydrogen-bond donors (Lipinski definition) is 0. The van der Waals surface area contributed by atoms with E-state index in [1.165, 1.54) is 12.1 Å². The Morgan fingerprint density at radius 1 is 1.25 bits per heavy atom. The van der Waals surface area contributed by atoms with Crippen molar-refractivity contribution in [2.45, 2.75) is 20.0 Å². The molecule has 0 saturated carbocycles. The van der Waals surface area contributed by atoms with E-state index < -0.39 is 0 Å². The third-order valence-electron chi connectivity index (χ3n) is 3.44. The van der Waals surface area contributed by atoms with E-state index in [0.29, 0.717) is 0 Å². The molecule has 0 aromatic heterocycles. The first-order valence-electron chi connectivity index (χ1n) is 7.13. The Labute approximate surface area is 121 Å². The fourth-order valence-electron chi connectivity index (χ4n) is 2.94. The predicted octanol–water partition coefficient (Wildman–Crippen LogP) is 2.48. The van der Waals surface area contributed by atoms with Gasteiger partial charge in [-0.05, 0) is 43.8 Å². The van der Waals surface area contributed by atoms with E-state index in [2.05, 4.69) is 37.7 Å². The van der Waals surface area contributed by atoms with Gasteiger partial charge in [0, 0.05) is 26.2 Å². The minimum atomic E-state index is -0.224. The molecule has 0 radical (unpaired) electrons. The maximum Gasteiger partial charge on any atom is 0.124 e. The lowest BCUT2D eigenvalue weighted by Gasteiger charge is -2.43.